The topological polar surface area (TPSA) is 84.8 Å². The van der Waals surface area contributed by atoms with Gasteiger partial charge < -0.3 is 10.5 Å². The number of nitrogens with two attached hydrogens (primary N) is 1. The summed E-state index contributed by atoms with van der Waals surface area (Å²) in [5, 5.41) is 8.98. The SMILES string of the molecule is COC1(c2nc(C)c(C#N)c(N)n2)CCCCC1. The van der Waals surface area contributed by atoms with Crippen molar-refractivity contribution in [1.82, 2.24) is 9.97 Å². The number of hydrogen-bond donors (Lipinski definition) is 1. The number of aryl methyl sites for hydroxylation is 1. The van der Waals surface area contributed by atoms with E-state index in [4.69, 9.17) is 15.7 Å². The van der Waals surface area contributed by atoms with Crippen LogP contribution in [0.15, 0.2) is 0 Å². The maximum Gasteiger partial charge on any atom is 0.162 e. The van der Waals surface area contributed by atoms with Gasteiger partial charge in [-0.2, -0.15) is 5.26 Å². The van der Waals surface area contributed by atoms with Gasteiger partial charge in [0.15, 0.2) is 5.82 Å². The molecule has 5 heteroatoms. The van der Waals surface area contributed by atoms with Crippen molar-refractivity contribution in [2.24, 2.45) is 0 Å². The van der Waals surface area contributed by atoms with E-state index in [0.29, 0.717) is 17.1 Å². The third kappa shape index (κ3) is 2.04. The van der Waals surface area contributed by atoms with Crippen LogP contribution in [0.3, 0.4) is 0 Å². The first-order valence-electron chi connectivity index (χ1n) is 6.23. The molecule has 1 aliphatic rings. The Morgan fingerprint density at radius 1 is 1.28 bits per heavy atom. The molecule has 1 fully saturated rings. The maximum atomic E-state index is 8.98. The summed E-state index contributed by atoms with van der Waals surface area (Å²) in [6, 6.07) is 2.03. The summed E-state index contributed by atoms with van der Waals surface area (Å²) in [6.07, 6.45) is 5.25. The fourth-order valence-electron chi connectivity index (χ4n) is 2.58. The van der Waals surface area contributed by atoms with Gasteiger partial charge in [-0.3, -0.25) is 0 Å². The van der Waals surface area contributed by atoms with E-state index in [9.17, 15) is 0 Å². The van der Waals surface area contributed by atoms with E-state index >= 15 is 0 Å². The summed E-state index contributed by atoms with van der Waals surface area (Å²) in [5.41, 5.74) is 6.39. The molecule has 96 valence electrons. The lowest BCUT2D eigenvalue weighted by molar-refractivity contribution is -0.0515. The number of nitrogen functional groups attached to an aromatic ring is 1. The quantitative estimate of drug-likeness (QED) is 0.863. The molecule has 1 heterocycles. The third-order valence-corrected chi connectivity index (χ3v) is 3.69. The summed E-state index contributed by atoms with van der Waals surface area (Å²) < 4.78 is 5.68. The van der Waals surface area contributed by atoms with Crippen LogP contribution in [-0.4, -0.2) is 17.1 Å². The second-order valence-corrected chi connectivity index (χ2v) is 4.76. The molecule has 0 aliphatic heterocycles. The Labute approximate surface area is 107 Å². The monoisotopic (exact) mass is 246 g/mol. The molecule has 18 heavy (non-hydrogen) atoms. The van der Waals surface area contributed by atoms with Gasteiger partial charge in [0.05, 0.1) is 5.69 Å². The summed E-state index contributed by atoms with van der Waals surface area (Å²) in [7, 11) is 1.69. The van der Waals surface area contributed by atoms with Crippen LogP contribution in [0.5, 0.6) is 0 Å². The number of ether oxygens (including phenoxy) is 1. The highest BCUT2D eigenvalue weighted by molar-refractivity contribution is 5.50. The van der Waals surface area contributed by atoms with Gasteiger partial charge in [0.1, 0.15) is 23.1 Å². The number of methoxy groups -OCH3 is 1. The summed E-state index contributed by atoms with van der Waals surface area (Å²) in [4.78, 5) is 8.72. The van der Waals surface area contributed by atoms with E-state index in [1.165, 1.54) is 6.42 Å². The van der Waals surface area contributed by atoms with E-state index in [1.807, 2.05) is 6.07 Å². The van der Waals surface area contributed by atoms with E-state index in [0.717, 1.165) is 25.7 Å². The Morgan fingerprint density at radius 2 is 1.94 bits per heavy atom. The molecule has 2 N–H and O–H groups in total. The number of nitriles is 1. The standard InChI is InChI=1S/C13H18N4O/c1-9-10(8-14)11(15)17-12(16-9)13(18-2)6-4-3-5-7-13/h3-7H2,1-2H3,(H2,15,16,17). The van der Waals surface area contributed by atoms with Crippen molar-refractivity contribution in [3.05, 3.63) is 17.1 Å². The summed E-state index contributed by atoms with van der Waals surface area (Å²) in [6.45, 7) is 1.78. The van der Waals surface area contributed by atoms with Crippen molar-refractivity contribution in [1.29, 1.82) is 5.26 Å². The smallest absolute Gasteiger partial charge is 0.162 e. The van der Waals surface area contributed by atoms with Gasteiger partial charge >= 0.3 is 0 Å². The fourth-order valence-corrected chi connectivity index (χ4v) is 2.58. The number of nitrogens with zero attached hydrogens (tertiary/aromatic N) is 3. The average Bonchev–Trinajstić information content (AvgIpc) is 2.39. The van der Waals surface area contributed by atoms with Gasteiger partial charge in [-0.25, -0.2) is 9.97 Å². The minimum absolute atomic E-state index is 0.252. The van der Waals surface area contributed by atoms with Gasteiger partial charge in [-0.15, -0.1) is 0 Å². The van der Waals surface area contributed by atoms with Crippen molar-refractivity contribution in [3.63, 3.8) is 0 Å². The molecule has 0 amide bonds. The molecule has 1 aromatic heterocycles. The summed E-state index contributed by atoms with van der Waals surface area (Å²) in [5.74, 6) is 0.876. The molecular weight excluding hydrogens is 228 g/mol. The predicted octanol–water partition coefficient (Wildman–Crippen LogP) is 2.04. The Hall–Kier alpha value is -1.67. The number of aromatic nitrogens is 2. The molecule has 1 saturated carbocycles. The molecule has 1 aliphatic carbocycles. The molecule has 5 nitrogen and oxygen atoms in total. The van der Waals surface area contributed by atoms with Gasteiger partial charge in [-0.05, 0) is 19.8 Å². The van der Waals surface area contributed by atoms with Gasteiger partial charge in [0, 0.05) is 7.11 Å². The Kier molecular flexibility index (Phi) is 3.48. The molecule has 0 aromatic carbocycles. The molecule has 0 spiro atoms. The Bertz CT molecular complexity index is 463. The zero-order valence-electron chi connectivity index (χ0n) is 10.9. The zero-order chi connectivity index (χ0) is 13.2. The Morgan fingerprint density at radius 3 is 2.44 bits per heavy atom. The molecule has 0 unspecified atom stereocenters. The second-order valence-electron chi connectivity index (χ2n) is 4.76. The van der Waals surface area contributed by atoms with E-state index in [2.05, 4.69) is 9.97 Å². The van der Waals surface area contributed by atoms with Crippen LogP contribution in [0, 0.1) is 18.3 Å². The number of anilines is 1. The summed E-state index contributed by atoms with van der Waals surface area (Å²) >= 11 is 0. The first-order valence-corrected chi connectivity index (χ1v) is 6.23. The first-order chi connectivity index (χ1) is 8.63. The largest absolute Gasteiger partial charge is 0.382 e. The Balaban J connectivity index is 2.47. The van der Waals surface area contributed by atoms with Gasteiger partial charge in [0.25, 0.3) is 0 Å². The fraction of sp³-hybridized carbons (Fsp3) is 0.615. The second kappa shape index (κ2) is 4.91. The van der Waals surface area contributed by atoms with Crippen molar-refractivity contribution >= 4 is 5.82 Å². The normalized spacial score (nSPS) is 18.3. The van der Waals surface area contributed by atoms with Crippen LogP contribution in [0.2, 0.25) is 0 Å². The lowest BCUT2D eigenvalue weighted by Gasteiger charge is -2.34. The highest BCUT2D eigenvalue weighted by Crippen LogP contribution is 2.38. The lowest BCUT2D eigenvalue weighted by Crippen LogP contribution is -2.34. The van der Waals surface area contributed by atoms with Crippen LogP contribution < -0.4 is 5.73 Å². The van der Waals surface area contributed by atoms with Crippen molar-refractivity contribution in [2.75, 3.05) is 12.8 Å². The third-order valence-electron chi connectivity index (χ3n) is 3.69. The highest BCUT2D eigenvalue weighted by Gasteiger charge is 2.37. The van der Waals surface area contributed by atoms with Gasteiger partial charge in [0.2, 0.25) is 0 Å². The number of rotatable bonds is 2. The molecular formula is C13H18N4O. The first kappa shape index (κ1) is 12.8. The van der Waals surface area contributed by atoms with Crippen LogP contribution >= 0.6 is 0 Å². The van der Waals surface area contributed by atoms with E-state index in [-0.39, 0.29) is 5.82 Å². The zero-order valence-corrected chi connectivity index (χ0v) is 10.9. The van der Waals surface area contributed by atoms with E-state index < -0.39 is 5.60 Å². The van der Waals surface area contributed by atoms with Crippen LogP contribution in [0.4, 0.5) is 5.82 Å². The van der Waals surface area contributed by atoms with Crippen LogP contribution in [0.1, 0.15) is 49.2 Å². The predicted molar refractivity (Wildman–Crippen MR) is 67.7 cm³/mol. The molecule has 0 bridgehead atoms. The van der Waals surface area contributed by atoms with Gasteiger partial charge in [-0.1, -0.05) is 19.3 Å². The van der Waals surface area contributed by atoms with Crippen molar-refractivity contribution in [2.45, 2.75) is 44.6 Å². The van der Waals surface area contributed by atoms with Crippen molar-refractivity contribution in [3.8, 4) is 6.07 Å². The highest BCUT2D eigenvalue weighted by atomic mass is 16.5. The van der Waals surface area contributed by atoms with Crippen molar-refractivity contribution < 1.29 is 4.74 Å². The lowest BCUT2D eigenvalue weighted by atomic mass is 9.84. The van der Waals surface area contributed by atoms with E-state index in [1.54, 1.807) is 14.0 Å². The number of hydrogen-bond acceptors (Lipinski definition) is 5. The molecule has 1 aromatic rings. The average molecular weight is 246 g/mol. The molecule has 0 saturated heterocycles. The molecule has 0 atom stereocenters. The maximum absolute atomic E-state index is 8.98. The van der Waals surface area contributed by atoms with Crippen LogP contribution in [0.25, 0.3) is 0 Å². The van der Waals surface area contributed by atoms with Crippen LogP contribution in [-0.2, 0) is 10.3 Å². The molecule has 0 radical (unpaired) electrons. The molecule has 2 rings (SSSR count). The minimum Gasteiger partial charge on any atom is -0.382 e. The minimum atomic E-state index is -0.425.